The SMILES string of the molecule is COC(=O)c1ccc2c(c1)/C(=C/Cn1cnc3cc(Cl)ccc31)c1ccccc1CO2. The average Bonchev–Trinajstić information content (AvgIpc) is 3.12. The quantitative estimate of drug-likeness (QED) is 0.403. The van der Waals surface area contributed by atoms with Crippen LogP contribution in [0.2, 0.25) is 5.02 Å². The van der Waals surface area contributed by atoms with Gasteiger partial charge in [0.25, 0.3) is 0 Å². The van der Waals surface area contributed by atoms with Crippen molar-refractivity contribution >= 4 is 34.2 Å². The zero-order valence-corrected chi connectivity index (χ0v) is 17.6. The summed E-state index contributed by atoms with van der Waals surface area (Å²) in [7, 11) is 1.38. The molecule has 5 rings (SSSR count). The van der Waals surface area contributed by atoms with Crippen LogP contribution in [0.25, 0.3) is 16.6 Å². The van der Waals surface area contributed by atoms with Crippen molar-refractivity contribution in [2.24, 2.45) is 0 Å². The van der Waals surface area contributed by atoms with Gasteiger partial charge in [0.2, 0.25) is 0 Å². The second-order valence-electron chi connectivity index (χ2n) is 7.30. The van der Waals surface area contributed by atoms with E-state index in [9.17, 15) is 4.79 Å². The summed E-state index contributed by atoms with van der Waals surface area (Å²) in [6.07, 6.45) is 3.95. The molecule has 4 aromatic rings. The Morgan fingerprint density at radius 2 is 2.03 bits per heavy atom. The van der Waals surface area contributed by atoms with Gasteiger partial charge in [-0.1, -0.05) is 41.9 Å². The van der Waals surface area contributed by atoms with Crippen molar-refractivity contribution in [3.05, 3.63) is 100 Å². The molecule has 154 valence electrons. The van der Waals surface area contributed by atoms with E-state index in [-0.39, 0.29) is 5.97 Å². The van der Waals surface area contributed by atoms with Crippen LogP contribution < -0.4 is 4.74 Å². The molecule has 0 saturated carbocycles. The minimum absolute atomic E-state index is 0.378. The highest BCUT2D eigenvalue weighted by Crippen LogP contribution is 2.37. The number of nitrogens with zero attached hydrogens (tertiary/aromatic N) is 2. The summed E-state index contributed by atoms with van der Waals surface area (Å²) in [5.41, 5.74) is 6.37. The van der Waals surface area contributed by atoms with Gasteiger partial charge >= 0.3 is 5.97 Å². The number of ether oxygens (including phenoxy) is 2. The van der Waals surface area contributed by atoms with E-state index in [1.165, 1.54) is 7.11 Å². The van der Waals surface area contributed by atoms with Crippen LogP contribution in [-0.2, 0) is 17.9 Å². The van der Waals surface area contributed by atoms with Crippen molar-refractivity contribution in [1.82, 2.24) is 9.55 Å². The lowest BCUT2D eigenvalue weighted by molar-refractivity contribution is 0.0600. The lowest BCUT2D eigenvalue weighted by Gasteiger charge is -2.12. The van der Waals surface area contributed by atoms with Gasteiger partial charge in [0, 0.05) is 17.1 Å². The van der Waals surface area contributed by atoms with Gasteiger partial charge in [-0.25, -0.2) is 9.78 Å². The Morgan fingerprint density at radius 1 is 1.16 bits per heavy atom. The van der Waals surface area contributed by atoms with Crippen LogP contribution in [0.15, 0.2) is 73.1 Å². The summed E-state index contributed by atoms with van der Waals surface area (Å²) in [6, 6.07) is 19.2. The first kappa shape index (κ1) is 19.4. The number of methoxy groups -OCH3 is 1. The number of esters is 1. The first-order chi connectivity index (χ1) is 15.1. The summed E-state index contributed by atoms with van der Waals surface area (Å²) < 4.78 is 13.1. The second kappa shape index (κ2) is 7.93. The maximum atomic E-state index is 12.2. The fourth-order valence-electron chi connectivity index (χ4n) is 3.91. The van der Waals surface area contributed by atoms with Gasteiger partial charge in [-0.3, -0.25) is 0 Å². The van der Waals surface area contributed by atoms with Gasteiger partial charge in [-0.2, -0.15) is 0 Å². The van der Waals surface area contributed by atoms with Gasteiger partial charge in [0.1, 0.15) is 12.4 Å². The molecule has 0 amide bonds. The van der Waals surface area contributed by atoms with E-state index < -0.39 is 0 Å². The second-order valence-corrected chi connectivity index (χ2v) is 7.73. The first-order valence-electron chi connectivity index (χ1n) is 9.88. The number of hydrogen-bond donors (Lipinski definition) is 0. The molecule has 0 fully saturated rings. The molecule has 0 saturated heterocycles. The largest absolute Gasteiger partial charge is 0.488 e. The molecule has 1 aliphatic heterocycles. The molecule has 0 bridgehead atoms. The van der Waals surface area contributed by atoms with Crippen LogP contribution in [0.4, 0.5) is 0 Å². The lowest BCUT2D eigenvalue weighted by Crippen LogP contribution is -2.03. The summed E-state index contributed by atoms with van der Waals surface area (Å²) in [5, 5.41) is 0.662. The number of benzene rings is 3. The first-order valence-corrected chi connectivity index (χ1v) is 10.3. The number of carbonyl (C=O) groups excluding carboxylic acids is 1. The molecule has 1 aromatic heterocycles. The fourth-order valence-corrected chi connectivity index (χ4v) is 4.08. The smallest absolute Gasteiger partial charge is 0.337 e. The summed E-state index contributed by atoms with van der Waals surface area (Å²) >= 11 is 6.10. The van der Waals surface area contributed by atoms with E-state index in [4.69, 9.17) is 21.1 Å². The van der Waals surface area contributed by atoms with Crippen LogP contribution in [0.1, 0.15) is 27.0 Å². The standard InChI is InChI=1S/C25H19ClN2O3/c1-30-25(29)16-6-9-24-21(12-16)20(19-5-3-2-4-17(19)14-31-24)10-11-28-15-27-22-13-18(26)7-8-23(22)28/h2-10,12-13,15H,11,14H2,1H3/b20-10+. The van der Waals surface area contributed by atoms with Crippen molar-refractivity contribution in [3.8, 4) is 5.75 Å². The van der Waals surface area contributed by atoms with Crippen molar-refractivity contribution in [3.63, 3.8) is 0 Å². The molecule has 0 atom stereocenters. The Bertz CT molecular complexity index is 1340. The number of hydrogen-bond acceptors (Lipinski definition) is 4. The van der Waals surface area contributed by atoms with Crippen molar-refractivity contribution in [2.75, 3.05) is 7.11 Å². The molecule has 2 heterocycles. The Kier molecular flexibility index (Phi) is 4.96. The minimum atomic E-state index is -0.378. The van der Waals surface area contributed by atoms with Crippen LogP contribution in [0.5, 0.6) is 5.75 Å². The molecule has 1 aliphatic rings. The maximum absolute atomic E-state index is 12.2. The summed E-state index contributed by atoms with van der Waals surface area (Å²) in [5.74, 6) is 0.356. The van der Waals surface area contributed by atoms with Crippen molar-refractivity contribution in [1.29, 1.82) is 0 Å². The number of fused-ring (bicyclic) bond motifs is 3. The monoisotopic (exact) mass is 430 g/mol. The number of carbonyl (C=O) groups is 1. The van der Waals surface area contributed by atoms with E-state index in [0.717, 1.165) is 39.0 Å². The molecule has 31 heavy (non-hydrogen) atoms. The van der Waals surface area contributed by atoms with Crippen LogP contribution in [0, 0.1) is 0 Å². The molecule has 0 radical (unpaired) electrons. The Labute approximate surface area is 184 Å². The fraction of sp³-hybridized carbons (Fsp3) is 0.120. The predicted molar refractivity (Wildman–Crippen MR) is 120 cm³/mol. The average molecular weight is 431 g/mol. The maximum Gasteiger partial charge on any atom is 0.337 e. The van der Waals surface area contributed by atoms with Gasteiger partial charge in [-0.15, -0.1) is 0 Å². The highest BCUT2D eigenvalue weighted by atomic mass is 35.5. The van der Waals surface area contributed by atoms with Crippen LogP contribution in [0.3, 0.4) is 0 Å². The van der Waals surface area contributed by atoms with E-state index >= 15 is 0 Å². The third-order valence-corrected chi connectivity index (χ3v) is 5.69. The Balaban J connectivity index is 1.64. The van der Waals surface area contributed by atoms with Gasteiger partial charge in [0.05, 0.1) is 30.0 Å². The number of halogens is 1. The van der Waals surface area contributed by atoms with Crippen molar-refractivity contribution < 1.29 is 14.3 Å². The van der Waals surface area contributed by atoms with Gasteiger partial charge < -0.3 is 14.0 Å². The zero-order chi connectivity index (χ0) is 21.4. The minimum Gasteiger partial charge on any atom is -0.488 e. The Morgan fingerprint density at radius 3 is 2.90 bits per heavy atom. The number of aromatic nitrogens is 2. The molecule has 0 unspecified atom stereocenters. The molecule has 0 spiro atoms. The number of rotatable bonds is 3. The molecule has 0 aliphatic carbocycles. The van der Waals surface area contributed by atoms with E-state index in [1.54, 1.807) is 6.07 Å². The summed E-state index contributed by atoms with van der Waals surface area (Å²) in [6.45, 7) is 1.06. The number of allylic oxidation sites excluding steroid dienone is 1. The van der Waals surface area contributed by atoms with Crippen molar-refractivity contribution in [2.45, 2.75) is 13.2 Å². The highest BCUT2D eigenvalue weighted by molar-refractivity contribution is 6.31. The topological polar surface area (TPSA) is 53.4 Å². The van der Waals surface area contributed by atoms with Crippen LogP contribution >= 0.6 is 11.6 Å². The number of imidazole rings is 1. The molecule has 5 nitrogen and oxygen atoms in total. The van der Waals surface area contributed by atoms with Gasteiger partial charge in [-0.05, 0) is 53.1 Å². The normalized spacial score (nSPS) is 13.9. The zero-order valence-electron chi connectivity index (χ0n) is 16.8. The molecule has 0 N–H and O–H groups in total. The molecule has 6 heteroatoms. The lowest BCUT2D eigenvalue weighted by atomic mass is 9.93. The van der Waals surface area contributed by atoms with E-state index in [0.29, 0.717) is 23.7 Å². The summed E-state index contributed by atoms with van der Waals surface area (Å²) in [4.78, 5) is 16.6. The van der Waals surface area contributed by atoms with E-state index in [1.807, 2.05) is 48.8 Å². The Hall–Kier alpha value is -3.57. The molecule has 3 aromatic carbocycles. The predicted octanol–water partition coefficient (Wildman–Crippen LogP) is 5.50. The van der Waals surface area contributed by atoms with Crippen LogP contribution in [-0.4, -0.2) is 22.6 Å². The molecular weight excluding hydrogens is 412 g/mol. The van der Waals surface area contributed by atoms with Gasteiger partial charge in [0.15, 0.2) is 0 Å². The highest BCUT2D eigenvalue weighted by Gasteiger charge is 2.21. The third kappa shape index (κ3) is 3.57. The molecular formula is C25H19ClN2O3. The van der Waals surface area contributed by atoms with E-state index in [2.05, 4.69) is 27.8 Å². The third-order valence-electron chi connectivity index (χ3n) is 5.46.